The molecular formula is C15H24N2O2S. The molecule has 1 aliphatic carbocycles. The molecule has 0 aromatic carbocycles. The topological polar surface area (TPSA) is 53.4 Å². The summed E-state index contributed by atoms with van der Waals surface area (Å²) in [6, 6.07) is 0.565. The fourth-order valence-corrected chi connectivity index (χ4v) is 3.39. The van der Waals surface area contributed by atoms with Gasteiger partial charge in [-0.05, 0) is 31.1 Å². The van der Waals surface area contributed by atoms with E-state index < -0.39 is 5.97 Å². The highest BCUT2D eigenvalue weighted by atomic mass is 32.1. The Morgan fingerprint density at radius 3 is 2.55 bits per heavy atom. The number of aromatic carboxylic acids is 1. The van der Waals surface area contributed by atoms with E-state index in [1.165, 1.54) is 24.2 Å². The molecule has 0 radical (unpaired) electrons. The van der Waals surface area contributed by atoms with Gasteiger partial charge in [-0.25, -0.2) is 9.78 Å². The zero-order valence-corrected chi connectivity index (χ0v) is 13.5. The van der Waals surface area contributed by atoms with Gasteiger partial charge in [0.25, 0.3) is 0 Å². The predicted molar refractivity (Wildman–Crippen MR) is 83.0 cm³/mol. The second-order valence-corrected chi connectivity index (χ2v) is 7.08. The largest absolute Gasteiger partial charge is 0.477 e. The van der Waals surface area contributed by atoms with Crippen LogP contribution in [-0.4, -0.2) is 28.6 Å². The summed E-state index contributed by atoms with van der Waals surface area (Å²) in [5.41, 5.74) is 0.759. The Hall–Kier alpha value is -1.10. The molecule has 1 unspecified atom stereocenters. The molecule has 0 bridgehead atoms. The molecule has 1 N–H and O–H groups in total. The summed E-state index contributed by atoms with van der Waals surface area (Å²) in [6.45, 7) is 9.46. The van der Waals surface area contributed by atoms with Gasteiger partial charge in [-0.15, -0.1) is 0 Å². The van der Waals surface area contributed by atoms with Gasteiger partial charge in [-0.2, -0.15) is 0 Å². The normalized spacial score (nSPS) is 16.4. The average Bonchev–Trinajstić information content (AvgIpc) is 3.12. The van der Waals surface area contributed by atoms with Crippen LogP contribution in [0.5, 0.6) is 0 Å². The quantitative estimate of drug-likeness (QED) is 0.827. The first-order valence-corrected chi connectivity index (χ1v) is 8.26. The maximum Gasteiger partial charge on any atom is 0.347 e. The number of nitrogens with zero attached hydrogens (tertiary/aromatic N) is 2. The number of hydrogen-bond donors (Lipinski definition) is 1. The lowest BCUT2D eigenvalue weighted by atomic mass is 10.0. The minimum Gasteiger partial charge on any atom is -0.477 e. The second kappa shape index (κ2) is 6.12. The summed E-state index contributed by atoms with van der Waals surface area (Å²) in [5.74, 6) is -0.0876. The van der Waals surface area contributed by atoms with E-state index in [-0.39, 0.29) is 5.92 Å². The van der Waals surface area contributed by atoms with Gasteiger partial charge < -0.3 is 10.0 Å². The molecule has 1 aromatic rings. The van der Waals surface area contributed by atoms with E-state index in [1.54, 1.807) is 0 Å². The molecule has 0 saturated heterocycles. The number of aromatic nitrogens is 1. The van der Waals surface area contributed by atoms with Crippen LogP contribution in [0.15, 0.2) is 0 Å². The number of anilines is 1. The smallest absolute Gasteiger partial charge is 0.347 e. The third-order valence-electron chi connectivity index (χ3n) is 3.71. The van der Waals surface area contributed by atoms with Crippen LogP contribution in [0.25, 0.3) is 0 Å². The Bertz CT molecular complexity index is 480. The van der Waals surface area contributed by atoms with Crippen molar-refractivity contribution >= 4 is 22.4 Å². The lowest BCUT2D eigenvalue weighted by molar-refractivity contribution is 0.0700. The van der Waals surface area contributed by atoms with Crippen molar-refractivity contribution in [2.75, 3.05) is 11.4 Å². The van der Waals surface area contributed by atoms with Gasteiger partial charge in [0, 0.05) is 12.6 Å². The fourth-order valence-electron chi connectivity index (χ4n) is 2.29. The monoisotopic (exact) mass is 296 g/mol. The van der Waals surface area contributed by atoms with Gasteiger partial charge in [-0.1, -0.05) is 39.0 Å². The molecule has 1 fully saturated rings. The van der Waals surface area contributed by atoms with Crippen LogP contribution in [0.2, 0.25) is 0 Å². The van der Waals surface area contributed by atoms with Crippen LogP contribution < -0.4 is 4.90 Å². The number of carboxylic acids is 1. The van der Waals surface area contributed by atoms with Gasteiger partial charge in [-0.3, -0.25) is 0 Å². The Morgan fingerprint density at radius 1 is 1.45 bits per heavy atom. The highest BCUT2D eigenvalue weighted by Crippen LogP contribution is 2.38. The summed E-state index contributed by atoms with van der Waals surface area (Å²) >= 11 is 1.34. The van der Waals surface area contributed by atoms with Gasteiger partial charge in [0.15, 0.2) is 5.13 Å². The van der Waals surface area contributed by atoms with Crippen molar-refractivity contribution < 1.29 is 9.90 Å². The lowest BCUT2D eigenvalue weighted by Crippen LogP contribution is -2.29. The Kier molecular flexibility index (Phi) is 4.68. The number of hydrogen-bond acceptors (Lipinski definition) is 4. The summed E-state index contributed by atoms with van der Waals surface area (Å²) in [5, 5.41) is 10.3. The van der Waals surface area contributed by atoms with Gasteiger partial charge in [0.05, 0.1) is 5.69 Å². The number of thiazole rings is 1. The SMILES string of the molecule is CCC(C)c1nc(N(CC(C)C)C2CC2)sc1C(=O)O. The average molecular weight is 296 g/mol. The molecule has 1 heterocycles. The molecule has 0 aliphatic heterocycles. The third-order valence-corrected chi connectivity index (χ3v) is 4.81. The van der Waals surface area contributed by atoms with Gasteiger partial charge in [0.1, 0.15) is 4.88 Å². The van der Waals surface area contributed by atoms with Crippen molar-refractivity contribution in [2.24, 2.45) is 5.92 Å². The minimum atomic E-state index is -0.843. The molecule has 0 amide bonds. The van der Waals surface area contributed by atoms with Crippen LogP contribution in [-0.2, 0) is 0 Å². The molecule has 2 rings (SSSR count). The zero-order valence-electron chi connectivity index (χ0n) is 12.7. The molecule has 112 valence electrons. The van der Waals surface area contributed by atoms with E-state index in [9.17, 15) is 9.90 Å². The van der Waals surface area contributed by atoms with E-state index in [0.29, 0.717) is 16.8 Å². The van der Waals surface area contributed by atoms with Crippen LogP contribution in [0.4, 0.5) is 5.13 Å². The maximum atomic E-state index is 11.4. The van der Waals surface area contributed by atoms with Crippen molar-refractivity contribution in [1.82, 2.24) is 4.98 Å². The summed E-state index contributed by atoms with van der Waals surface area (Å²) in [4.78, 5) is 18.9. The molecule has 5 heteroatoms. The van der Waals surface area contributed by atoms with Crippen molar-refractivity contribution in [3.8, 4) is 0 Å². The summed E-state index contributed by atoms with van der Waals surface area (Å²) in [7, 11) is 0. The van der Waals surface area contributed by atoms with E-state index in [1.807, 2.05) is 0 Å². The first-order chi connectivity index (χ1) is 9.43. The standard InChI is InChI=1S/C15H24N2O2S/c1-5-10(4)12-13(14(18)19)20-15(16-12)17(8-9(2)3)11-6-7-11/h9-11H,5-8H2,1-4H3,(H,18,19). The maximum absolute atomic E-state index is 11.4. The molecule has 0 spiro atoms. The molecule has 1 aromatic heterocycles. The Labute approximate surface area is 124 Å². The molecule has 1 saturated carbocycles. The molecule has 20 heavy (non-hydrogen) atoms. The summed E-state index contributed by atoms with van der Waals surface area (Å²) in [6.07, 6.45) is 3.32. The van der Waals surface area contributed by atoms with E-state index in [2.05, 4.69) is 37.6 Å². The zero-order chi connectivity index (χ0) is 14.9. The Balaban J connectivity index is 2.32. The van der Waals surface area contributed by atoms with Crippen LogP contribution >= 0.6 is 11.3 Å². The first-order valence-electron chi connectivity index (χ1n) is 7.44. The molecule has 4 nitrogen and oxygen atoms in total. The van der Waals surface area contributed by atoms with Crippen molar-refractivity contribution in [2.45, 2.75) is 58.9 Å². The van der Waals surface area contributed by atoms with Crippen molar-refractivity contribution in [1.29, 1.82) is 0 Å². The first kappa shape index (κ1) is 15.3. The second-order valence-electron chi connectivity index (χ2n) is 6.10. The van der Waals surface area contributed by atoms with Crippen LogP contribution in [0, 0.1) is 5.92 Å². The summed E-state index contributed by atoms with van der Waals surface area (Å²) < 4.78 is 0. The Morgan fingerprint density at radius 2 is 2.10 bits per heavy atom. The molecule has 1 atom stereocenters. The van der Waals surface area contributed by atoms with E-state index in [0.717, 1.165) is 23.8 Å². The number of carbonyl (C=O) groups is 1. The number of rotatable bonds is 7. The van der Waals surface area contributed by atoms with E-state index >= 15 is 0 Å². The van der Waals surface area contributed by atoms with Crippen LogP contribution in [0.3, 0.4) is 0 Å². The van der Waals surface area contributed by atoms with Crippen molar-refractivity contribution in [3.05, 3.63) is 10.6 Å². The molecular weight excluding hydrogens is 272 g/mol. The number of carboxylic acid groups (broad SMARTS) is 1. The van der Waals surface area contributed by atoms with Crippen molar-refractivity contribution in [3.63, 3.8) is 0 Å². The fraction of sp³-hybridized carbons (Fsp3) is 0.733. The highest BCUT2D eigenvalue weighted by molar-refractivity contribution is 7.17. The van der Waals surface area contributed by atoms with Gasteiger partial charge in [0.2, 0.25) is 0 Å². The third kappa shape index (κ3) is 3.32. The predicted octanol–water partition coefficient (Wildman–Crippen LogP) is 3.98. The lowest BCUT2D eigenvalue weighted by Gasteiger charge is -2.23. The minimum absolute atomic E-state index is 0.200. The van der Waals surface area contributed by atoms with Crippen LogP contribution in [0.1, 0.15) is 68.2 Å². The molecule has 1 aliphatic rings. The van der Waals surface area contributed by atoms with E-state index in [4.69, 9.17) is 0 Å². The highest BCUT2D eigenvalue weighted by Gasteiger charge is 2.33. The van der Waals surface area contributed by atoms with Gasteiger partial charge >= 0.3 is 5.97 Å².